The van der Waals surface area contributed by atoms with Gasteiger partial charge < -0.3 is 26.2 Å². The molecule has 6 heteroatoms. The number of likely N-dealkylation sites (tertiary alicyclic amines) is 1. The van der Waals surface area contributed by atoms with Gasteiger partial charge in [-0.15, -0.1) is 11.3 Å². The number of nitrogens with one attached hydrogen (secondary N) is 2. The van der Waals surface area contributed by atoms with Crippen LogP contribution >= 0.6 is 11.3 Å². The van der Waals surface area contributed by atoms with Crippen molar-refractivity contribution in [3.8, 4) is 0 Å². The van der Waals surface area contributed by atoms with Crippen LogP contribution in [0.1, 0.15) is 41.6 Å². The van der Waals surface area contributed by atoms with Gasteiger partial charge in [0, 0.05) is 49.8 Å². The molecular weight excluding hydrogens is 402 g/mol. The number of hydrogen-bond acceptors (Lipinski definition) is 6. The highest BCUT2D eigenvalue weighted by molar-refractivity contribution is 7.13. The minimum absolute atomic E-state index is 0.209. The minimum atomic E-state index is 0.209. The summed E-state index contributed by atoms with van der Waals surface area (Å²) in [7, 11) is 0. The van der Waals surface area contributed by atoms with Crippen molar-refractivity contribution in [2.45, 2.75) is 33.2 Å². The fourth-order valence-corrected chi connectivity index (χ4v) is 5.77. The summed E-state index contributed by atoms with van der Waals surface area (Å²) in [5.41, 5.74) is 11.3. The lowest BCUT2D eigenvalue weighted by atomic mass is 10.0. The van der Waals surface area contributed by atoms with Gasteiger partial charge >= 0.3 is 0 Å². The maximum absolute atomic E-state index is 5.95. The van der Waals surface area contributed by atoms with Gasteiger partial charge in [-0.25, -0.2) is 0 Å². The molecule has 1 aromatic carbocycles. The maximum atomic E-state index is 5.95. The second kappa shape index (κ2) is 10.1. The summed E-state index contributed by atoms with van der Waals surface area (Å²) < 4.78 is 0. The molecule has 168 valence electrons. The number of rotatable bonds is 4. The van der Waals surface area contributed by atoms with Crippen LogP contribution in [0.4, 0.5) is 11.4 Å². The summed E-state index contributed by atoms with van der Waals surface area (Å²) in [5, 5.41) is 7.20. The van der Waals surface area contributed by atoms with Crippen LogP contribution in [0.2, 0.25) is 0 Å². The molecule has 0 spiro atoms. The number of nitrogens with zero attached hydrogens (tertiary/aromatic N) is 2. The van der Waals surface area contributed by atoms with E-state index in [1.54, 1.807) is 0 Å². The normalized spacial score (nSPS) is 22.9. The zero-order valence-corrected chi connectivity index (χ0v) is 20.0. The summed E-state index contributed by atoms with van der Waals surface area (Å²) in [6.45, 7) is 13.5. The Kier molecular flexibility index (Phi) is 7.20. The molecule has 0 bridgehead atoms. The third-order valence-electron chi connectivity index (χ3n) is 6.42. The van der Waals surface area contributed by atoms with Gasteiger partial charge in [-0.3, -0.25) is 0 Å². The van der Waals surface area contributed by atoms with E-state index in [1.165, 1.54) is 38.8 Å². The quantitative estimate of drug-likeness (QED) is 0.664. The van der Waals surface area contributed by atoms with Crippen LogP contribution in [0.15, 0.2) is 36.4 Å². The Balaban J connectivity index is 0.00000112. The zero-order valence-electron chi connectivity index (χ0n) is 19.2. The van der Waals surface area contributed by atoms with Gasteiger partial charge in [-0.05, 0) is 55.6 Å². The third kappa shape index (κ3) is 4.76. The Morgan fingerprint density at radius 3 is 2.48 bits per heavy atom. The first kappa shape index (κ1) is 22.2. The van der Waals surface area contributed by atoms with Crippen LogP contribution in [0, 0.1) is 12.8 Å². The predicted molar refractivity (Wildman–Crippen MR) is 135 cm³/mol. The predicted octanol–water partition coefficient (Wildman–Crippen LogP) is 4.28. The Bertz CT molecular complexity index is 882. The first-order valence-corrected chi connectivity index (χ1v) is 12.6. The van der Waals surface area contributed by atoms with Crippen LogP contribution in [-0.2, 0) is 0 Å². The molecule has 2 aromatic rings. The lowest BCUT2D eigenvalue weighted by molar-refractivity contribution is 0.461. The van der Waals surface area contributed by atoms with Crippen molar-refractivity contribution in [1.82, 2.24) is 10.2 Å². The number of fused-ring (bicyclic) bond motifs is 1. The van der Waals surface area contributed by atoms with E-state index in [9.17, 15) is 0 Å². The number of anilines is 2. The zero-order chi connectivity index (χ0) is 21.8. The molecule has 2 fully saturated rings. The van der Waals surface area contributed by atoms with Crippen LogP contribution in [0.25, 0.3) is 5.70 Å². The van der Waals surface area contributed by atoms with Crippen LogP contribution in [0.5, 0.6) is 0 Å². The van der Waals surface area contributed by atoms with Gasteiger partial charge in [0.2, 0.25) is 0 Å². The van der Waals surface area contributed by atoms with Crippen molar-refractivity contribution in [2.75, 3.05) is 56.0 Å². The Hall–Kier alpha value is -2.02. The summed E-state index contributed by atoms with van der Waals surface area (Å²) in [4.78, 5) is 7.76. The van der Waals surface area contributed by atoms with Crippen molar-refractivity contribution >= 4 is 28.4 Å². The largest absolute Gasteiger partial charge is 0.373 e. The van der Waals surface area contributed by atoms with Gasteiger partial charge in [0.15, 0.2) is 0 Å². The highest BCUT2D eigenvalue weighted by atomic mass is 32.1. The number of piperazine rings is 1. The minimum Gasteiger partial charge on any atom is -0.373 e. The molecule has 0 amide bonds. The topological polar surface area (TPSA) is 56.6 Å². The molecule has 31 heavy (non-hydrogen) atoms. The number of aryl methyl sites for hydroxylation is 1. The molecule has 4 N–H and O–H groups in total. The molecule has 5 rings (SSSR count). The molecule has 2 atom stereocenters. The maximum Gasteiger partial charge on any atom is 0.0736 e. The number of nitrogens with two attached hydrogens (primary N) is 1. The lowest BCUT2D eigenvalue weighted by Crippen LogP contribution is -2.43. The first-order chi connectivity index (χ1) is 15.2. The van der Waals surface area contributed by atoms with Gasteiger partial charge in [-0.1, -0.05) is 26.0 Å². The summed E-state index contributed by atoms with van der Waals surface area (Å²) in [6, 6.07) is 11.7. The highest BCUT2D eigenvalue weighted by Crippen LogP contribution is 2.43. The number of benzene rings is 1. The Morgan fingerprint density at radius 2 is 1.81 bits per heavy atom. The van der Waals surface area contributed by atoms with Gasteiger partial charge in [0.25, 0.3) is 0 Å². The standard InChI is InChI=1S/C23H31N5S.C2H6/c1-16-12-21-23(29-16)22(28-9-6-17(14-24)15-28)13-20(26-21)18-2-4-19(5-3-18)27-10-7-25-8-11-27;1-2/h2-5,12-13,17,20,25-26H,6-11,14-15,24H2,1H3;1-2H3. The van der Waals surface area contributed by atoms with Crippen LogP contribution in [0.3, 0.4) is 0 Å². The SMILES string of the molecule is CC.Cc1cc2c(s1)C(N1CCC(CN)C1)=CC(c1ccc(N3CCNCC3)cc1)N2. The van der Waals surface area contributed by atoms with Gasteiger partial charge in [0.1, 0.15) is 0 Å². The molecule has 3 aliphatic heterocycles. The molecule has 0 radical (unpaired) electrons. The van der Waals surface area contributed by atoms with Crippen molar-refractivity contribution in [1.29, 1.82) is 0 Å². The number of hydrogen-bond donors (Lipinski definition) is 3. The highest BCUT2D eigenvalue weighted by Gasteiger charge is 2.30. The molecular formula is C25H37N5S. The molecule has 5 nitrogen and oxygen atoms in total. The van der Waals surface area contributed by atoms with E-state index in [0.29, 0.717) is 5.92 Å². The van der Waals surface area contributed by atoms with E-state index in [4.69, 9.17) is 5.73 Å². The number of thiophene rings is 1. The van der Waals surface area contributed by atoms with Crippen molar-refractivity contribution in [3.05, 3.63) is 51.7 Å². The summed E-state index contributed by atoms with van der Waals surface area (Å²) in [6.07, 6.45) is 3.63. The Morgan fingerprint density at radius 1 is 1.06 bits per heavy atom. The second-order valence-electron chi connectivity index (χ2n) is 8.44. The van der Waals surface area contributed by atoms with Crippen LogP contribution < -0.4 is 21.3 Å². The van der Waals surface area contributed by atoms with E-state index in [2.05, 4.69) is 63.8 Å². The van der Waals surface area contributed by atoms with Gasteiger partial charge in [-0.2, -0.15) is 0 Å². The monoisotopic (exact) mass is 439 g/mol. The first-order valence-electron chi connectivity index (χ1n) is 11.8. The average Bonchev–Trinajstić information content (AvgIpc) is 3.46. The molecule has 1 aromatic heterocycles. The molecule has 0 aliphatic carbocycles. The van der Waals surface area contributed by atoms with E-state index in [0.717, 1.165) is 45.8 Å². The molecule has 2 saturated heterocycles. The average molecular weight is 440 g/mol. The third-order valence-corrected chi connectivity index (χ3v) is 7.49. The summed E-state index contributed by atoms with van der Waals surface area (Å²) in [5.74, 6) is 0.618. The molecule has 4 heterocycles. The van der Waals surface area contributed by atoms with Crippen molar-refractivity contribution in [3.63, 3.8) is 0 Å². The van der Waals surface area contributed by atoms with E-state index < -0.39 is 0 Å². The van der Waals surface area contributed by atoms with E-state index >= 15 is 0 Å². The fraction of sp³-hybridized carbons (Fsp3) is 0.520. The Labute approximate surface area is 191 Å². The molecule has 0 saturated carbocycles. The summed E-state index contributed by atoms with van der Waals surface area (Å²) >= 11 is 1.90. The molecule has 3 aliphatic rings. The van der Waals surface area contributed by atoms with E-state index in [1.807, 2.05) is 25.2 Å². The lowest BCUT2D eigenvalue weighted by Gasteiger charge is -2.31. The smallest absolute Gasteiger partial charge is 0.0736 e. The van der Waals surface area contributed by atoms with Crippen LogP contribution in [-0.4, -0.2) is 50.7 Å². The van der Waals surface area contributed by atoms with Crippen molar-refractivity contribution in [2.24, 2.45) is 11.7 Å². The van der Waals surface area contributed by atoms with Crippen molar-refractivity contribution < 1.29 is 0 Å². The second-order valence-corrected chi connectivity index (χ2v) is 9.70. The molecule has 2 unspecified atom stereocenters. The van der Waals surface area contributed by atoms with E-state index in [-0.39, 0.29) is 6.04 Å². The van der Waals surface area contributed by atoms with Gasteiger partial charge in [0.05, 0.1) is 22.3 Å². The fourth-order valence-electron chi connectivity index (χ4n) is 4.74.